The van der Waals surface area contributed by atoms with Crippen molar-refractivity contribution >= 4 is 11.6 Å². The molecule has 1 aromatic rings. The molecule has 0 saturated carbocycles. The standard InChI is InChI=1S/C14H21ClN2O2/c1-2-4-17-12(9-16)10-7-11(15)14-13(8-10)18-5-3-6-19-14/h7-8,12,17H,2-6,9,16H2,1H3. The van der Waals surface area contributed by atoms with Crippen LogP contribution in [0.5, 0.6) is 11.5 Å². The van der Waals surface area contributed by atoms with Gasteiger partial charge in [0.05, 0.1) is 18.2 Å². The van der Waals surface area contributed by atoms with Crippen molar-refractivity contribution in [3.8, 4) is 11.5 Å². The molecule has 1 heterocycles. The van der Waals surface area contributed by atoms with E-state index in [1.807, 2.05) is 12.1 Å². The summed E-state index contributed by atoms with van der Waals surface area (Å²) in [7, 11) is 0. The second kappa shape index (κ2) is 6.98. The van der Waals surface area contributed by atoms with Crippen LogP contribution in [0.4, 0.5) is 0 Å². The monoisotopic (exact) mass is 284 g/mol. The minimum Gasteiger partial charge on any atom is -0.489 e. The number of hydrogen-bond donors (Lipinski definition) is 2. The van der Waals surface area contributed by atoms with Gasteiger partial charge >= 0.3 is 0 Å². The highest BCUT2D eigenvalue weighted by atomic mass is 35.5. The Labute approximate surface area is 119 Å². The van der Waals surface area contributed by atoms with E-state index in [0.29, 0.717) is 30.5 Å². The van der Waals surface area contributed by atoms with Crippen LogP contribution in [0.3, 0.4) is 0 Å². The molecule has 1 atom stereocenters. The number of halogens is 1. The third-order valence-corrected chi connectivity index (χ3v) is 3.38. The molecule has 0 radical (unpaired) electrons. The van der Waals surface area contributed by atoms with Crippen LogP contribution in [0.15, 0.2) is 12.1 Å². The lowest BCUT2D eigenvalue weighted by Crippen LogP contribution is -2.28. The molecule has 106 valence electrons. The highest BCUT2D eigenvalue weighted by Gasteiger charge is 2.18. The van der Waals surface area contributed by atoms with Gasteiger partial charge < -0.3 is 20.5 Å². The molecule has 2 rings (SSSR count). The van der Waals surface area contributed by atoms with Gasteiger partial charge in [0, 0.05) is 19.0 Å². The van der Waals surface area contributed by atoms with Gasteiger partial charge in [-0.3, -0.25) is 0 Å². The van der Waals surface area contributed by atoms with Crippen LogP contribution in [-0.4, -0.2) is 26.3 Å². The van der Waals surface area contributed by atoms with Crippen molar-refractivity contribution in [1.29, 1.82) is 0 Å². The molecule has 0 amide bonds. The number of nitrogens with two attached hydrogens (primary N) is 1. The molecular weight excluding hydrogens is 264 g/mol. The first-order valence-electron chi connectivity index (χ1n) is 6.78. The molecule has 0 aromatic heterocycles. The maximum Gasteiger partial charge on any atom is 0.179 e. The van der Waals surface area contributed by atoms with Gasteiger partial charge in [0.1, 0.15) is 0 Å². The van der Waals surface area contributed by atoms with Gasteiger partial charge in [0.25, 0.3) is 0 Å². The molecular formula is C14H21ClN2O2. The quantitative estimate of drug-likeness (QED) is 0.872. The Morgan fingerprint density at radius 1 is 1.37 bits per heavy atom. The zero-order chi connectivity index (χ0) is 13.7. The molecule has 1 unspecified atom stereocenters. The Morgan fingerprint density at radius 3 is 2.89 bits per heavy atom. The lowest BCUT2D eigenvalue weighted by atomic mass is 10.1. The van der Waals surface area contributed by atoms with Crippen LogP contribution in [-0.2, 0) is 0 Å². The molecule has 0 fully saturated rings. The van der Waals surface area contributed by atoms with Crippen LogP contribution in [0.25, 0.3) is 0 Å². The molecule has 0 bridgehead atoms. The highest BCUT2D eigenvalue weighted by Crippen LogP contribution is 2.39. The average Bonchev–Trinajstić information content (AvgIpc) is 2.65. The summed E-state index contributed by atoms with van der Waals surface area (Å²) in [6.45, 7) is 4.87. The first kappa shape index (κ1) is 14.4. The number of ether oxygens (including phenoxy) is 2. The number of fused-ring (bicyclic) bond motifs is 1. The van der Waals surface area contributed by atoms with Crippen LogP contribution in [0.2, 0.25) is 5.02 Å². The van der Waals surface area contributed by atoms with Gasteiger partial charge in [-0.05, 0) is 30.7 Å². The summed E-state index contributed by atoms with van der Waals surface area (Å²) in [6.07, 6.45) is 1.93. The van der Waals surface area contributed by atoms with E-state index in [2.05, 4.69) is 12.2 Å². The fourth-order valence-electron chi connectivity index (χ4n) is 2.11. The molecule has 0 saturated heterocycles. The predicted molar refractivity (Wildman–Crippen MR) is 77.1 cm³/mol. The second-order valence-electron chi connectivity index (χ2n) is 4.62. The molecule has 5 heteroatoms. The highest BCUT2D eigenvalue weighted by molar-refractivity contribution is 6.32. The number of hydrogen-bond acceptors (Lipinski definition) is 4. The number of nitrogens with one attached hydrogen (secondary N) is 1. The summed E-state index contributed by atoms with van der Waals surface area (Å²) in [5.41, 5.74) is 6.87. The van der Waals surface area contributed by atoms with E-state index in [9.17, 15) is 0 Å². The van der Waals surface area contributed by atoms with Crippen molar-refractivity contribution in [3.05, 3.63) is 22.7 Å². The van der Waals surface area contributed by atoms with Gasteiger partial charge in [-0.2, -0.15) is 0 Å². The van der Waals surface area contributed by atoms with Gasteiger partial charge in [0.2, 0.25) is 0 Å². The van der Waals surface area contributed by atoms with Crippen molar-refractivity contribution in [1.82, 2.24) is 5.32 Å². The second-order valence-corrected chi connectivity index (χ2v) is 5.03. The Morgan fingerprint density at radius 2 is 2.16 bits per heavy atom. The fourth-order valence-corrected chi connectivity index (χ4v) is 2.38. The van der Waals surface area contributed by atoms with Crippen molar-refractivity contribution in [2.75, 3.05) is 26.3 Å². The average molecular weight is 285 g/mol. The number of rotatable bonds is 5. The van der Waals surface area contributed by atoms with Crippen LogP contribution < -0.4 is 20.5 Å². The smallest absolute Gasteiger partial charge is 0.179 e. The lowest BCUT2D eigenvalue weighted by molar-refractivity contribution is 0.297. The van der Waals surface area contributed by atoms with Gasteiger partial charge in [0.15, 0.2) is 11.5 Å². The van der Waals surface area contributed by atoms with E-state index in [-0.39, 0.29) is 6.04 Å². The zero-order valence-electron chi connectivity index (χ0n) is 11.2. The third kappa shape index (κ3) is 3.53. The van der Waals surface area contributed by atoms with Crippen molar-refractivity contribution in [3.63, 3.8) is 0 Å². The van der Waals surface area contributed by atoms with E-state index in [1.165, 1.54) is 0 Å². The molecule has 0 aliphatic carbocycles. The first-order chi connectivity index (χ1) is 9.26. The summed E-state index contributed by atoms with van der Waals surface area (Å²) in [6, 6.07) is 3.98. The van der Waals surface area contributed by atoms with Crippen molar-refractivity contribution in [2.24, 2.45) is 5.73 Å². The number of benzene rings is 1. The van der Waals surface area contributed by atoms with Crippen LogP contribution in [0.1, 0.15) is 31.4 Å². The molecule has 1 aromatic carbocycles. The van der Waals surface area contributed by atoms with Crippen LogP contribution in [0, 0.1) is 0 Å². The zero-order valence-corrected chi connectivity index (χ0v) is 12.0. The summed E-state index contributed by atoms with van der Waals surface area (Å²) < 4.78 is 11.3. The van der Waals surface area contributed by atoms with Gasteiger partial charge in [-0.15, -0.1) is 0 Å². The van der Waals surface area contributed by atoms with Gasteiger partial charge in [-0.1, -0.05) is 18.5 Å². The lowest BCUT2D eigenvalue weighted by Gasteiger charge is -2.19. The topological polar surface area (TPSA) is 56.5 Å². The van der Waals surface area contributed by atoms with Crippen molar-refractivity contribution < 1.29 is 9.47 Å². The molecule has 4 nitrogen and oxygen atoms in total. The maximum atomic E-state index is 6.28. The SMILES string of the molecule is CCCNC(CN)c1cc(Cl)c2c(c1)OCCCO2. The van der Waals surface area contributed by atoms with E-state index >= 15 is 0 Å². The summed E-state index contributed by atoms with van der Waals surface area (Å²) in [5.74, 6) is 1.37. The summed E-state index contributed by atoms with van der Waals surface area (Å²) in [5, 5.41) is 3.99. The Hall–Kier alpha value is -0.970. The minimum absolute atomic E-state index is 0.0922. The third-order valence-electron chi connectivity index (χ3n) is 3.10. The van der Waals surface area contributed by atoms with Gasteiger partial charge in [-0.25, -0.2) is 0 Å². The largest absolute Gasteiger partial charge is 0.489 e. The molecule has 1 aliphatic rings. The Balaban J connectivity index is 2.26. The summed E-state index contributed by atoms with van der Waals surface area (Å²) in [4.78, 5) is 0. The summed E-state index contributed by atoms with van der Waals surface area (Å²) >= 11 is 6.28. The predicted octanol–water partition coefficient (Wildman–Crippen LogP) is 2.50. The molecule has 3 N–H and O–H groups in total. The normalized spacial score (nSPS) is 15.9. The van der Waals surface area contributed by atoms with E-state index in [4.69, 9.17) is 26.8 Å². The Bertz CT molecular complexity index is 426. The van der Waals surface area contributed by atoms with E-state index in [0.717, 1.165) is 30.7 Å². The fraction of sp³-hybridized carbons (Fsp3) is 0.571. The Kier molecular flexibility index (Phi) is 5.31. The first-order valence-corrected chi connectivity index (χ1v) is 7.16. The molecule has 19 heavy (non-hydrogen) atoms. The van der Waals surface area contributed by atoms with Crippen molar-refractivity contribution in [2.45, 2.75) is 25.8 Å². The molecule has 1 aliphatic heterocycles. The van der Waals surface area contributed by atoms with E-state index in [1.54, 1.807) is 0 Å². The van der Waals surface area contributed by atoms with E-state index < -0.39 is 0 Å². The molecule has 0 spiro atoms. The maximum absolute atomic E-state index is 6.28. The van der Waals surface area contributed by atoms with Crippen LogP contribution >= 0.6 is 11.6 Å². The minimum atomic E-state index is 0.0922.